The Labute approximate surface area is 134 Å². The number of rotatable bonds is 4. The van der Waals surface area contributed by atoms with Crippen LogP contribution in [0.15, 0.2) is 60.8 Å². The summed E-state index contributed by atoms with van der Waals surface area (Å²) in [6.45, 7) is 3.37. The lowest BCUT2D eigenvalue weighted by molar-refractivity contribution is -0.118. The summed E-state index contributed by atoms with van der Waals surface area (Å²) in [5.74, 6) is -0.123. The molecule has 0 aliphatic rings. The summed E-state index contributed by atoms with van der Waals surface area (Å²) in [4.78, 5) is 24.4. The SMILES string of the molecule is CC(=O)c1cn([C@H](C)C(=O)Nc2ccccc2)c2ccccc12. The highest BCUT2D eigenvalue weighted by atomic mass is 16.2. The minimum atomic E-state index is -0.423. The average Bonchev–Trinajstić information content (AvgIpc) is 2.95. The third-order valence-corrected chi connectivity index (χ3v) is 3.96. The molecule has 116 valence electrons. The molecule has 4 heteroatoms. The molecule has 3 aromatic rings. The number of hydrogen-bond acceptors (Lipinski definition) is 2. The molecule has 0 saturated heterocycles. The molecular weight excluding hydrogens is 288 g/mol. The van der Waals surface area contributed by atoms with Gasteiger partial charge in [-0.1, -0.05) is 36.4 Å². The van der Waals surface area contributed by atoms with E-state index >= 15 is 0 Å². The maximum Gasteiger partial charge on any atom is 0.247 e. The van der Waals surface area contributed by atoms with E-state index in [1.807, 2.05) is 66.1 Å². The molecule has 0 radical (unpaired) electrons. The molecule has 0 aliphatic carbocycles. The molecule has 2 aromatic carbocycles. The van der Waals surface area contributed by atoms with E-state index in [2.05, 4.69) is 5.32 Å². The van der Waals surface area contributed by atoms with Crippen molar-refractivity contribution < 1.29 is 9.59 Å². The first-order valence-corrected chi connectivity index (χ1v) is 7.54. The number of amides is 1. The Bertz CT molecular complexity index is 865. The summed E-state index contributed by atoms with van der Waals surface area (Å²) in [5.41, 5.74) is 2.28. The van der Waals surface area contributed by atoms with Gasteiger partial charge in [0, 0.05) is 28.4 Å². The van der Waals surface area contributed by atoms with Crippen LogP contribution in [0, 0.1) is 0 Å². The van der Waals surface area contributed by atoms with E-state index in [9.17, 15) is 9.59 Å². The normalized spacial score (nSPS) is 12.1. The molecule has 1 amide bonds. The van der Waals surface area contributed by atoms with Crippen LogP contribution >= 0.6 is 0 Å². The fourth-order valence-corrected chi connectivity index (χ4v) is 2.70. The van der Waals surface area contributed by atoms with Crippen LogP contribution in [-0.4, -0.2) is 16.3 Å². The van der Waals surface area contributed by atoms with Crippen molar-refractivity contribution in [3.8, 4) is 0 Å². The van der Waals surface area contributed by atoms with Crippen LogP contribution in [0.1, 0.15) is 30.2 Å². The quantitative estimate of drug-likeness (QED) is 0.739. The van der Waals surface area contributed by atoms with Gasteiger partial charge >= 0.3 is 0 Å². The first kappa shape index (κ1) is 15.0. The van der Waals surface area contributed by atoms with Gasteiger partial charge in [0.1, 0.15) is 6.04 Å². The number of carbonyl (C=O) groups excluding carboxylic acids is 2. The lowest BCUT2D eigenvalue weighted by atomic mass is 10.1. The zero-order chi connectivity index (χ0) is 16.4. The molecule has 4 nitrogen and oxygen atoms in total. The van der Waals surface area contributed by atoms with Crippen LogP contribution in [0.3, 0.4) is 0 Å². The number of Topliss-reactive ketones (excluding diaryl/α,β-unsaturated/α-hetero) is 1. The zero-order valence-electron chi connectivity index (χ0n) is 13.1. The molecule has 1 aromatic heterocycles. The van der Waals surface area contributed by atoms with E-state index in [0.29, 0.717) is 5.56 Å². The Balaban J connectivity index is 1.96. The molecule has 1 N–H and O–H groups in total. The number of nitrogens with one attached hydrogen (secondary N) is 1. The maximum atomic E-state index is 12.5. The topological polar surface area (TPSA) is 51.1 Å². The van der Waals surface area contributed by atoms with E-state index in [4.69, 9.17) is 0 Å². The first-order valence-electron chi connectivity index (χ1n) is 7.54. The molecule has 1 atom stereocenters. The van der Waals surface area contributed by atoms with Gasteiger partial charge in [0.15, 0.2) is 5.78 Å². The monoisotopic (exact) mass is 306 g/mol. The third-order valence-electron chi connectivity index (χ3n) is 3.96. The number of benzene rings is 2. The fourth-order valence-electron chi connectivity index (χ4n) is 2.70. The molecule has 0 fully saturated rings. The summed E-state index contributed by atoms with van der Waals surface area (Å²) in [7, 11) is 0. The number of aromatic nitrogens is 1. The van der Waals surface area contributed by atoms with E-state index in [1.54, 1.807) is 13.1 Å². The van der Waals surface area contributed by atoms with E-state index in [1.165, 1.54) is 0 Å². The Morgan fingerprint density at radius 2 is 1.65 bits per heavy atom. The van der Waals surface area contributed by atoms with Crippen molar-refractivity contribution in [2.24, 2.45) is 0 Å². The number of ketones is 1. The van der Waals surface area contributed by atoms with E-state index in [0.717, 1.165) is 16.6 Å². The highest BCUT2D eigenvalue weighted by molar-refractivity contribution is 6.07. The molecule has 23 heavy (non-hydrogen) atoms. The van der Waals surface area contributed by atoms with Crippen molar-refractivity contribution in [1.82, 2.24) is 4.57 Å². The summed E-state index contributed by atoms with van der Waals surface area (Å²) in [6.07, 6.45) is 1.77. The zero-order valence-corrected chi connectivity index (χ0v) is 13.1. The van der Waals surface area contributed by atoms with Gasteiger partial charge in [-0.15, -0.1) is 0 Å². The Hall–Kier alpha value is -2.88. The first-order chi connectivity index (χ1) is 11.1. The second-order valence-electron chi connectivity index (χ2n) is 5.55. The van der Waals surface area contributed by atoms with Gasteiger partial charge in [0.2, 0.25) is 5.91 Å². The Morgan fingerprint density at radius 1 is 1.00 bits per heavy atom. The number of hydrogen-bond donors (Lipinski definition) is 1. The second kappa shape index (κ2) is 6.08. The number of anilines is 1. The van der Waals surface area contributed by atoms with Gasteiger partial charge < -0.3 is 9.88 Å². The Kier molecular flexibility index (Phi) is 3.98. The summed E-state index contributed by atoms with van der Waals surface area (Å²) in [5, 5.41) is 3.77. The summed E-state index contributed by atoms with van der Waals surface area (Å²) in [6, 6.07) is 16.6. The molecule has 0 unspecified atom stereocenters. The molecule has 3 rings (SSSR count). The number of nitrogens with zero attached hydrogens (tertiary/aromatic N) is 1. The predicted octanol–water partition coefficient (Wildman–Crippen LogP) is 4.04. The molecule has 0 spiro atoms. The highest BCUT2D eigenvalue weighted by Gasteiger charge is 2.20. The standard InChI is InChI=1S/C19H18N2O2/c1-13(19(23)20-15-8-4-3-5-9-15)21-12-17(14(2)22)16-10-6-7-11-18(16)21/h3-13H,1-2H3,(H,20,23)/t13-/m1/s1. The molecule has 1 heterocycles. The van der Waals surface area contributed by atoms with Crippen molar-refractivity contribution in [2.75, 3.05) is 5.32 Å². The van der Waals surface area contributed by atoms with Gasteiger partial charge in [-0.3, -0.25) is 9.59 Å². The molecule has 0 bridgehead atoms. The summed E-state index contributed by atoms with van der Waals surface area (Å²) >= 11 is 0. The number of carbonyl (C=O) groups is 2. The third kappa shape index (κ3) is 2.88. The van der Waals surface area contributed by atoms with Gasteiger partial charge in [-0.25, -0.2) is 0 Å². The van der Waals surface area contributed by atoms with Crippen LogP contribution in [0.5, 0.6) is 0 Å². The van der Waals surface area contributed by atoms with Crippen LogP contribution in [0.4, 0.5) is 5.69 Å². The van der Waals surface area contributed by atoms with Crippen molar-refractivity contribution in [1.29, 1.82) is 0 Å². The van der Waals surface area contributed by atoms with Crippen molar-refractivity contribution >= 4 is 28.3 Å². The van der Waals surface area contributed by atoms with Crippen molar-refractivity contribution in [2.45, 2.75) is 19.9 Å². The second-order valence-corrected chi connectivity index (χ2v) is 5.55. The van der Waals surface area contributed by atoms with E-state index < -0.39 is 6.04 Å². The van der Waals surface area contributed by atoms with Gasteiger partial charge in [0.05, 0.1) is 0 Å². The van der Waals surface area contributed by atoms with E-state index in [-0.39, 0.29) is 11.7 Å². The number of fused-ring (bicyclic) bond motifs is 1. The average molecular weight is 306 g/mol. The smallest absolute Gasteiger partial charge is 0.247 e. The minimum Gasteiger partial charge on any atom is -0.335 e. The molecule has 0 saturated carbocycles. The van der Waals surface area contributed by atoms with Crippen LogP contribution in [0.25, 0.3) is 10.9 Å². The highest BCUT2D eigenvalue weighted by Crippen LogP contribution is 2.25. The van der Waals surface area contributed by atoms with Gasteiger partial charge in [-0.2, -0.15) is 0 Å². The Morgan fingerprint density at radius 3 is 2.35 bits per heavy atom. The van der Waals surface area contributed by atoms with Crippen LogP contribution in [-0.2, 0) is 4.79 Å². The van der Waals surface area contributed by atoms with Gasteiger partial charge in [-0.05, 0) is 32.0 Å². The predicted molar refractivity (Wildman–Crippen MR) is 91.7 cm³/mol. The van der Waals surface area contributed by atoms with Crippen molar-refractivity contribution in [3.63, 3.8) is 0 Å². The molecular formula is C19H18N2O2. The molecule has 0 aliphatic heterocycles. The largest absolute Gasteiger partial charge is 0.335 e. The lowest BCUT2D eigenvalue weighted by Crippen LogP contribution is -2.23. The summed E-state index contributed by atoms with van der Waals surface area (Å²) < 4.78 is 1.85. The minimum absolute atomic E-state index is 0.00406. The van der Waals surface area contributed by atoms with Crippen molar-refractivity contribution in [3.05, 3.63) is 66.4 Å². The van der Waals surface area contributed by atoms with Crippen LogP contribution < -0.4 is 5.32 Å². The van der Waals surface area contributed by atoms with Crippen LogP contribution in [0.2, 0.25) is 0 Å². The van der Waals surface area contributed by atoms with Gasteiger partial charge in [0.25, 0.3) is 0 Å². The fraction of sp³-hybridized carbons (Fsp3) is 0.158. The lowest BCUT2D eigenvalue weighted by Gasteiger charge is -2.15. The maximum absolute atomic E-state index is 12.5. The number of para-hydroxylation sites is 2.